The summed E-state index contributed by atoms with van der Waals surface area (Å²) in [6.45, 7) is 10.9. The van der Waals surface area contributed by atoms with E-state index in [0.29, 0.717) is 5.88 Å². The standard InChI is InChI=1S/C15H25ClN2/c1-6-15(5,9-10-16)18-13-8-7-12(11-17-13)14(2,3)4/h7-8,11H,6,9-10H2,1-5H3,(H,17,18). The van der Waals surface area contributed by atoms with Gasteiger partial charge >= 0.3 is 0 Å². The molecule has 1 N–H and O–H groups in total. The van der Waals surface area contributed by atoms with Gasteiger partial charge in [-0.15, -0.1) is 11.6 Å². The van der Waals surface area contributed by atoms with Crippen LogP contribution in [0.1, 0.15) is 53.0 Å². The van der Waals surface area contributed by atoms with E-state index in [2.05, 4.69) is 57.1 Å². The summed E-state index contributed by atoms with van der Waals surface area (Å²) in [6.07, 6.45) is 3.93. The lowest BCUT2D eigenvalue weighted by molar-refractivity contribution is 0.479. The van der Waals surface area contributed by atoms with Gasteiger partial charge in [0.1, 0.15) is 5.82 Å². The molecule has 1 heterocycles. The molecule has 0 aliphatic carbocycles. The van der Waals surface area contributed by atoms with E-state index >= 15 is 0 Å². The highest BCUT2D eigenvalue weighted by atomic mass is 35.5. The minimum absolute atomic E-state index is 0.0258. The highest BCUT2D eigenvalue weighted by molar-refractivity contribution is 6.17. The van der Waals surface area contributed by atoms with E-state index in [0.717, 1.165) is 18.7 Å². The van der Waals surface area contributed by atoms with Gasteiger partial charge in [0.15, 0.2) is 0 Å². The van der Waals surface area contributed by atoms with Crippen LogP contribution in [-0.4, -0.2) is 16.4 Å². The van der Waals surface area contributed by atoms with E-state index in [4.69, 9.17) is 11.6 Å². The van der Waals surface area contributed by atoms with Crippen molar-refractivity contribution in [2.45, 2.75) is 58.4 Å². The highest BCUT2D eigenvalue weighted by Crippen LogP contribution is 2.24. The molecule has 0 bridgehead atoms. The molecular weight excluding hydrogens is 244 g/mol. The Morgan fingerprint density at radius 1 is 1.22 bits per heavy atom. The molecule has 1 rings (SSSR count). The fourth-order valence-electron chi connectivity index (χ4n) is 1.76. The van der Waals surface area contributed by atoms with Crippen molar-refractivity contribution in [2.75, 3.05) is 11.2 Å². The number of hydrogen-bond donors (Lipinski definition) is 1. The van der Waals surface area contributed by atoms with Crippen molar-refractivity contribution in [3.63, 3.8) is 0 Å². The number of nitrogens with zero attached hydrogens (tertiary/aromatic N) is 1. The average molecular weight is 269 g/mol. The quantitative estimate of drug-likeness (QED) is 0.790. The number of alkyl halides is 1. The smallest absolute Gasteiger partial charge is 0.126 e. The van der Waals surface area contributed by atoms with Gasteiger partial charge in [0.05, 0.1) is 0 Å². The molecule has 0 saturated heterocycles. The number of pyridine rings is 1. The zero-order valence-electron chi connectivity index (χ0n) is 12.2. The number of nitrogens with one attached hydrogen (secondary N) is 1. The first-order valence-electron chi connectivity index (χ1n) is 6.61. The molecule has 0 spiro atoms. The minimum Gasteiger partial charge on any atom is -0.365 e. The van der Waals surface area contributed by atoms with Crippen LogP contribution in [0.2, 0.25) is 0 Å². The SMILES string of the molecule is CCC(C)(CCCl)Nc1ccc(C(C)(C)C)cn1. The summed E-state index contributed by atoms with van der Waals surface area (Å²) >= 11 is 5.86. The van der Waals surface area contributed by atoms with Gasteiger partial charge in [0, 0.05) is 17.6 Å². The van der Waals surface area contributed by atoms with Gasteiger partial charge in [0.2, 0.25) is 0 Å². The predicted octanol–water partition coefficient (Wildman–Crippen LogP) is 4.59. The van der Waals surface area contributed by atoms with Crippen LogP contribution in [0, 0.1) is 0 Å². The van der Waals surface area contributed by atoms with Crippen LogP contribution in [0.4, 0.5) is 5.82 Å². The molecule has 1 atom stereocenters. The van der Waals surface area contributed by atoms with E-state index in [-0.39, 0.29) is 11.0 Å². The summed E-state index contributed by atoms with van der Waals surface area (Å²) in [6, 6.07) is 4.20. The Balaban J connectivity index is 2.80. The fourth-order valence-corrected chi connectivity index (χ4v) is 2.17. The van der Waals surface area contributed by atoms with Gasteiger partial charge in [0.25, 0.3) is 0 Å². The lowest BCUT2D eigenvalue weighted by Gasteiger charge is -2.30. The van der Waals surface area contributed by atoms with Crippen molar-refractivity contribution in [1.29, 1.82) is 0 Å². The summed E-state index contributed by atoms with van der Waals surface area (Å²) in [4.78, 5) is 4.51. The largest absolute Gasteiger partial charge is 0.365 e. The number of hydrogen-bond acceptors (Lipinski definition) is 2. The van der Waals surface area contributed by atoms with Gasteiger partial charge in [-0.1, -0.05) is 33.8 Å². The number of aromatic nitrogens is 1. The minimum atomic E-state index is 0.0258. The van der Waals surface area contributed by atoms with Gasteiger partial charge in [-0.3, -0.25) is 0 Å². The first-order valence-corrected chi connectivity index (χ1v) is 7.15. The van der Waals surface area contributed by atoms with E-state index in [1.165, 1.54) is 5.56 Å². The molecular formula is C15H25ClN2. The monoisotopic (exact) mass is 268 g/mol. The molecule has 3 heteroatoms. The number of rotatable bonds is 5. The van der Waals surface area contributed by atoms with Crippen molar-refractivity contribution in [3.05, 3.63) is 23.9 Å². The van der Waals surface area contributed by atoms with Gasteiger partial charge < -0.3 is 5.32 Å². The maximum absolute atomic E-state index is 5.86. The van der Waals surface area contributed by atoms with E-state index in [1.807, 2.05) is 6.20 Å². The maximum Gasteiger partial charge on any atom is 0.126 e. The zero-order chi connectivity index (χ0) is 13.8. The fraction of sp³-hybridized carbons (Fsp3) is 0.667. The van der Waals surface area contributed by atoms with Crippen LogP contribution in [0.15, 0.2) is 18.3 Å². The molecule has 0 aliphatic rings. The van der Waals surface area contributed by atoms with E-state index in [9.17, 15) is 0 Å². The normalized spacial score (nSPS) is 15.2. The first-order chi connectivity index (χ1) is 8.30. The summed E-state index contributed by atoms with van der Waals surface area (Å²) in [5.41, 5.74) is 1.43. The van der Waals surface area contributed by atoms with Crippen molar-refractivity contribution in [1.82, 2.24) is 4.98 Å². The molecule has 0 radical (unpaired) electrons. The topological polar surface area (TPSA) is 24.9 Å². The van der Waals surface area contributed by atoms with Crippen LogP contribution in [0.5, 0.6) is 0 Å². The molecule has 1 aromatic heterocycles. The van der Waals surface area contributed by atoms with Crippen LogP contribution in [0.3, 0.4) is 0 Å². The summed E-state index contributed by atoms with van der Waals surface area (Å²) in [5.74, 6) is 1.59. The third-order valence-corrected chi connectivity index (χ3v) is 3.67. The van der Waals surface area contributed by atoms with Crippen molar-refractivity contribution in [2.24, 2.45) is 0 Å². The Bertz CT molecular complexity index is 367. The molecule has 18 heavy (non-hydrogen) atoms. The van der Waals surface area contributed by atoms with Gasteiger partial charge in [-0.2, -0.15) is 0 Å². The molecule has 0 fully saturated rings. The zero-order valence-corrected chi connectivity index (χ0v) is 12.9. The molecule has 1 aromatic rings. The first kappa shape index (κ1) is 15.3. The van der Waals surface area contributed by atoms with Crippen LogP contribution < -0.4 is 5.32 Å². The molecule has 2 nitrogen and oxygen atoms in total. The predicted molar refractivity (Wildman–Crippen MR) is 80.6 cm³/mol. The summed E-state index contributed by atoms with van der Waals surface area (Å²) in [5, 5.41) is 3.49. The Kier molecular flexibility index (Phi) is 5.03. The van der Waals surface area contributed by atoms with Crippen LogP contribution >= 0.6 is 11.6 Å². The Labute approximate surface area is 116 Å². The summed E-state index contributed by atoms with van der Waals surface area (Å²) in [7, 11) is 0. The lowest BCUT2D eigenvalue weighted by atomic mass is 9.88. The molecule has 0 aromatic carbocycles. The van der Waals surface area contributed by atoms with E-state index < -0.39 is 0 Å². The van der Waals surface area contributed by atoms with Crippen LogP contribution in [-0.2, 0) is 5.41 Å². The Morgan fingerprint density at radius 2 is 1.89 bits per heavy atom. The van der Waals surface area contributed by atoms with Crippen molar-refractivity contribution in [3.8, 4) is 0 Å². The second-order valence-electron chi connectivity index (χ2n) is 6.16. The number of halogens is 1. The lowest BCUT2D eigenvalue weighted by Crippen LogP contribution is -2.34. The Morgan fingerprint density at radius 3 is 2.28 bits per heavy atom. The molecule has 0 amide bonds. The number of anilines is 1. The van der Waals surface area contributed by atoms with Gasteiger partial charge in [-0.25, -0.2) is 4.98 Å². The summed E-state index contributed by atoms with van der Waals surface area (Å²) < 4.78 is 0. The molecule has 102 valence electrons. The Hall–Kier alpha value is -0.760. The van der Waals surface area contributed by atoms with E-state index in [1.54, 1.807) is 0 Å². The molecule has 1 unspecified atom stereocenters. The van der Waals surface area contributed by atoms with Gasteiger partial charge in [-0.05, 0) is 36.8 Å². The van der Waals surface area contributed by atoms with Crippen molar-refractivity contribution < 1.29 is 0 Å². The maximum atomic E-state index is 5.86. The average Bonchev–Trinajstić information content (AvgIpc) is 2.29. The van der Waals surface area contributed by atoms with Crippen molar-refractivity contribution >= 4 is 17.4 Å². The highest BCUT2D eigenvalue weighted by Gasteiger charge is 2.21. The molecule has 0 saturated carbocycles. The molecule has 0 aliphatic heterocycles. The van der Waals surface area contributed by atoms with Crippen LogP contribution in [0.25, 0.3) is 0 Å². The third-order valence-electron chi connectivity index (χ3n) is 3.49. The second-order valence-corrected chi connectivity index (χ2v) is 6.54. The third kappa shape index (κ3) is 4.16. The second kappa shape index (κ2) is 5.92.